The molecule has 3 fully saturated rings. The topological polar surface area (TPSA) is 69.6 Å². The lowest BCUT2D eigenvalue weighted by Crippen LogP contribution is -2.57. The minimum Gasteiger partial charge on any atom is -0.481 e. The average molecular weight is 280 g/mol. The number of likely N-dealkylation sites (tertiary alicyclic amines) is 1. The molecule has 0 radical (unpaired) electrons. The van der Waals surface area contributed by atoms with Gasteiger partial charge < -0.3 is 15.3 Å². The van der Waals surface area contributed by atoms with Gasteiger partial charge in [0.1, 0.15) is 0 Å². The van der Waals surface area contributed by atoms with Crippen LogP contribution >= 0.6 is 0 Å². The van der Waals surface area contributed by atoms with Crippen LogP contribution < -0.4 is 5.32 Å². The highest BCUT2D eigenvalue weighted by atomic mass is 16.4. The minimum atomic E-state index is -0.766. The summed E-state index contributed by atoms with van der Waals surface area (Å²) < 4.78 is 0. The summed E-state index contributed by atoms with van der Waals surface area (Å²) >= 11 is 0. The van der Waals surface area contributed by atoms with Crippen molar-refractivity contribution in [2.45, 2.75) is 32.6 Å². The van der Waals surface area contributed by atoms with Crippen LogP contribution in [0.5, 0.6) is 0 Å². The van der Waals surface area contributed by atoms with Gasteiger partial charge in [0.05, 0.1) is 5.92 Å². The number of aliphatic carboxylic acids is 1. The van der Waals surface area contributed by atoms with Crippen molar-refractivity contribution in [3.8, 4) is 0 Å². The van der Waals surface area contributed by atoms with Crippen LogP contribution in [0.4, 0.5) is 4.79 Å². The van der Waals surface area contributed by atoms with E-state index in [2.05, 4.69) is 5.32 Å². The Hall–Kier alpha value is -1.26. The largest absolute Gasteiger partial charge is 0.481 e. The molecule has 0 aromatic rings. The summed E-state index contributed by atoms with van der Waals surface area (Å²) in [5.74, 6) is 1.37. The van der Waals surface area contributed by atoms with Gasteiger partial charge >= 0.3 is 12.0 Å². The zero-order chi connectivity index (χ0) is 14.3. The van der Waals surface area contributed by atoms with Crippen molar-refractivity contribution in [3.63, 3.8) is 0 Å². The monoisotopic (exact) mass is 280 g/mol. The molecule has 20 heavy (non-hydrogen) atoms. The van der Waals surface area contributed by atoms with Gasteiger partial charge in [-0.25, -0.2) is 4.79 Å². The van der Waals surface area contributed by atoms with E-state index in [1.54, 1.807) is 11.8 Å². The summed E-state index contributed by atoms with van der Waals surface area (Å²) in [5, 5.41) is 12.0. The number of carboxylic acid groups (broad SMARTS) is 1. The van der Waals surface area contributed by atoms with Gasteiger partial charge in [-0.15, -0.1) is 0 Å². The molecule has 3 rings (SSSR count). The summed E-state index contributed by atoms with van der Waals surface area (Å²) in [6.07, 6.45) is 5.33. The Morgan fingerprint density at radius 2 is 1.70 bits per heavy atom. The van der Waals surface area contributed by atoms with Crippen molar-refractivity contribution in [1.29, 1.82) is 0 Å². The molecule has 1 atom stereocenters. The van der Waals surface area contributed by atoms with Crippen molar-refractivity contribution >= 4 is 12.0 Å². The van der Waals surface area contributed by atoms with Gasteiger partial charge in [0.25, 0.3) is 0 Å². The molecular formula is C15H24N2O3. The van der Waals surface area contributed by atoms with Gasteiger partial charge in [-0.05, 0) is 43.4 Å². The van der Waals surface area contributed by atoms with Crippen LogP contribution in [-0.2, 0) is 4.79 Å². The predicted octanol–water partition coefficient (Wildman–Crippen LogP) is 1.78. The van der Waals surface area contributed by atoms with Crippen LogP contribution in [0.3, 0.4) is 0 Å². The number of hydrogen-bond acceptors (Lipinski definition) is 2. The van der Waals surface area contributed by atoms with E-state index >= 15 is 0 Å². The molecule has 2 aliphatic carbocycles. The summed E-state index contributed by atoms with van der Waals surface area (Å²) in [5.41, 5.74) is 0. The predicted molar refractivity (Wildman–Crippen MR) is 74.2 cm³/mol. The zero-order valence-electron chi connectivity index (χ0n) is 12.0. The number of carbonyl (C=O) groups is 2. The van der Waals surface area contributed by atoms with Crippen LogP contribution in [-0.4, -0.2) is 41.6 Å². The third-order valence-electron chi connectivity index (χ3n) is 5.24. The molecule has 1 heterocycles. The molecule has 2 amide bonds. The fraction of sp³-hybridized carbons (Fsp3) is 0.867. The van der Waals surface area contributed by atoms with E-state index in [1.165, 1.54) is 25.7 Å². The van der Waals surface area contributed by atoms with E-state index in [-0.39, 0.29) is 17.9 Å². The Morgan fingerprint density at radius 3 is 2.15 bits per heavy atom. The number of carboxylic acids is 1. The van der Waals surface area contributed by atoms with Crippen LogP contribution in [0.25, 0.3) is 0 Å². The molecule has 5 nitrogen and oxygen atoms in total. The van der Waals surface area contributed by atoms with Gasteiger partial charge in [-0.1, -0.05) is 6.92 Å². The van der Waals surface area contributed by atoms with E-state index < -0.39 is 5.97 Å². The Balaban J connectivity index is 1.39. The first-order valence-corrected chi connectivity index (χ1v) is 7.82. The van der Waals surface area contributed by atoms with Crippen molar-refractivity contribution in [2.75, 3.05) is 19.6 Å². The van der Waals surface area contributed by atoms with E-state index in [4.69, 9.17) is 5.11 Å². The second-order valence-electron chi connectivity index (χ2n) is 6.82. The molecule has 2 N–H and O–H groups in total. The molecular weight excluding hydrogens is 256 g/mol. The number of urea groups is 1. The number of nitrogens with one attached hydrogen (secondary N) is 1. The Bertz CT molecular complexity index is 386. The molecule has 1 aliphatic heterocycles. The quantitative estimate of drug-likeness (QED) is 0.779. The maximum atomic E-state index is 12.0. The minimum absolute atomic E-state index is 0.00913. The second-order valence-corrected chi connectivity index (χ2v) is 6.82. The van der Waals surface area contributed by atoms with E-state index in [1.807, 2.05) is 0 Å². The second kappa shape index (κ2) is 5.26. The van der Waals surface area contributed by atoms with Gasteiger partial charge in [-0.3, -0.25) is 4.79 Å². The van der Waals surface area contributed by atoms with Gasteiger partial charge in [-0.2, -0.15) is 0 Å². The molecule has 1 saturated heterocycles. The summed E-state index contributed by atoms with van der Waals surface area (Å²) in [6, 6.07) is -0.00913. The number of nitrogens with zero attached hydrogens (tertiary/aromatic N) is 1. The first-order valence-electron chi connectivity index (χ1n) is 7.82. The zero-order valence-corrected chi connectivity index (χ0v) is 12.0. The lowest BCUT2D eigenvalue weighted by Gasteiger charge is -2.41. The number of hydrogen-bond donors (Lipinski definition) is 2. The first-order chi connectivity index (χ1) is 9.56. The maximum Gasteiger partial charge on any atom is 0.317 e. The molecule has 2 saturated carbocycles. The molecule has 3 aliphatic rings. The highest BCUT2D eigenvalue weighted by Gasteiger charge is 2.42. The van der Waals surface area contributed by atoms with Crippen LogP contribution in [0.15, 0.2) is 0 Å². The van der Waals surface area contributed by atoms with Crippen molar-refractivity contribution < 1.29 is 14.7 Å². The number of amides is 2. The summed E-state index contributed by atoms with van der Waals surface area (Å²) in [6.45, 7) is 3.69. The third kappa shape index (κ3) is 2.91. The van der Waals surface area contributed by atoms with Crippen LogP contribution in [0, 0.1) is 29.6 Å². The van der Waals surface area contributed by atoms with Crippen molar-refractivity contribution in [2.24, 2.45) is 29.6 Å². The number of rotatable bonds is 6. The molecule has 0 bridgehead atoms. The first kappa shape index (κ1) is 13.7. The number of carbonyl (C=O) groups excluding carboxylic acids is 1. The van der Waals surface area contributed by atoms with Gasteiger partial charge in [0, 0.05) is 25.6 Å². The molecule has 0 aromatic heterocycles. The van der Waals surface area contributed by atoms with Crippen LogP contribution in [0.1, 0.15) is 32.6 Å². The van der Waals surface area contributed by atoms with E-state index in [0.29, 0.717) is 19.0 Å². The highest BCUT2D eigenvalue weighted by molar-refractivity contribution is 5.76. The summed E-state index contributed by atoms with van der Waals surface area (Å²) in [7, 11) is 0. The van der Waals surface area contributed by atoms with Gasteiger partial charge in [0.15, 0.2) is 0 Å². The lowest BCUT2D eigenvalue weighted by atomic mass is 9.87. The SMILES string of the molecule is CC(C(=O)O)C1CN(C(=O)NCC(C2CC2)C2CC2)C1. The average Bonchev–Trinajstić information content (AvgIpc) is 3.21. The van der Waals surface area contributed by atoms with Crippen LogP contribution in [0.2, 0.25) is 0 Å². The Morgan fingerprint density at radius 1 is 1.15 bits per heavy atom. The highest BCUT2D eigenvalue weighted by Crippen LogP contribution is 2.48. The lowest BCUT2D eigenvalue weighted by molar-refractivity contribution is -0.144. The van der Waals surface area contributed by atoms with Crippen molar-refractivity contribution in [1.82, 2.24) is 10.2 Å². The smallest absolute Gasteiger partial charge is 0.317 e. The molecule has 112 valence electrons. The Labute approximate surface area is 119 Å². The van der Waals surface area contributed by atoms with Gasteiger partial charge in [0.2, 0.25) is 0 Å². The molecule has 0 spiro atoms. The molecule has 0 aromatic carbocycles. The molecule has 1 unspecified atom stereocenters. The van der Waals surface area contributed by atoms with Crippen molar-refractivity contribution in [3.05, 3.63) is 0 Å². The third-order valence-corrected chi connectivity index (χ3v) is 5.24. The fourth-order valence-corrected chi connectivity index (χ4v) is 3.28. The summed E-state index contributed by atoms with van der Waals surface area (Å²) in [4.78, 5) is 24.6. The molecule has 5 heteroatoms. The standard InChI is InChI=1S/C15H24N2O3/c1-9(14(18)19)12-7-17(8-12)15(20)16-6-13(10-2-3-10)11-4-5-11/h9-13H,2-8H2,1H3,(H,16,20)(H,18,19). The normalized spacial score (nSPS) is 24.4. The fourth-order valence-electron chi connectivity index (χ4n) is 3.28. The van der Waals surface area contributed by atoms with E-state index in [9.17, 15) is 9.59 Å². The maximum absolute atomic E-state index is 12.0. The Kier molecular flexibility index (Phi) is 3.61. The van der Waals surface area contributed by atoms with E-state index in [0.717, 1.165) is 18.4 Å².